The van der Waals surface area contributed by atoms with Crippen LogP contribution in [-0.2, 0) is 0 Å². The second-order valence-corrected chi connectivity index (χ2v) is 7.48. The van der Waals surface area contributed by atoms with Crippen molar-refractivity contribution in [3.05, 3.63) is 89.5 Å². The molecule has 4 rings (SSSR count). The maximum absolute atomic E-state index is 12.7. The smallest absolute Gasteiger partial charge is 0.322 e. The third-order valence-corrected chi connectivity index (χ3v) is 5.28. The maximum atomic E-state index is 12.7. The van der Waals surface area contributed by atoms with Gasteiger partial charge in [-0.25, -0.2) is 4.79 Å². The molecule has 1 aliphatic rings. The molecular formula is C24H24N4O2. The average Bonchev–Trinajstić information content (AvgIpc) is 3.21. The first kappa shape index (κ1) is 19.6. The van der Waals surface area contributed by atoms with E-state index < -0.39 is 0 Å². The van der Waals surface area contributed by atoms with Crippen LogP contribution in [0.5, 0.6) is 0 Å². The van der Waals surface area contributed by atoms with Gasteiger partial charge in [-0.05, 0) is 26.3 Å². The zero-order valence-electron chi connectivity index (χ0n) is 17.3. The number of aromatic nitrogens is 2. The Morgan fingerprint density at radius 2 is 1.70 bits per heavy atom. The zero-order chi connectivity index (χ0) is 21.3. The lowest BCUT2D eigenvalue weighted by atomic mass is 9.94. The van der Waals surface area contributed by atoms with Crippen molar-refractivity contribution in [2.45, 2.75) is 26.8 Å². The largest absolute Gasteiger partial charge is 0.334 e. The molecule has 1 aromatic heterocycles. The second kappa shape index (κ2) is 7.99. The van der Waals surface area contributed by atoms with E-state index in [1.54, 1.807) is 11.0 Å². The molecule has 2 heterocycles. The number of aryl methyl sites for hydroxylation is 2. The van der Waals surface area contributed by atoms with Gasteiger partial charge in [0, 0.05) is 17.8 Å². The van der Waals surface area contributed by atoms with Gasteiger partial charge in [0.05, 0.1) is 11.6 Å². The summed E-state index contributed by atoms with van der Waals surface area (Å²) in [5.74, 6) is 0.905. The minimum atomic E-state index is -0.384. The molecule has 0 saturated carbocycles. The minimum absolute atomic E-state index is 0.181. The van der Waals surface area contributed by atoms with E-state index in [1.165, 1.54) is 0 Å². The summed E-state index contributed by atoms with van der Waals surface area (Å²) < 4.78 is 5.67. The first-order valence-electron chi connectivity index (χ1n) is 9.85. The van der Waals surface area contributed by atoms with Crippen molar-refractivity contribution in [2.24, 2.45) is 0 Å². The van der Waals surface area contributed by atoms with E-state index in [-0.39, 0.29) is 12.1 Å². The number of carbonyl (C=O) groups excluding carboxylic acids is 1. The van der Waals surface area contributed by atoms with E-state index >= 15 is 0 Å². The van der Waals surface area contributed by atoms with Crippen LogP contribution in [0.1, 0.15) is 35.5 Å². The SMILES string of the molecule is C=CCN1C(=O)NC(c2ccc(C)cc2)C(c2nc(-c3ccc(C)cc3)no2)=C1C. The van der Waals surface area contributed by atoms with Gasteiger partial charge in [-0.1, -0.05) is 70.9 Å². The molecule has 152 valence electrons. The highest BCUT2D eigenvalue weighted by molar-refractivity contribution is 5.87. The number of urea groups is 1. The summed E-state index contributed by atoms with van der Waals surface area (Å²) in [5, 5.41) is 7.26. The number of nitrogens with one attached hydrogen (secondary N) is 1. The molecule has 0 spiro atoms. The van der Waals surface area contributed by atoms with Crippen LogP contribution >= 0.6 is 0 Å². The number of nitrogens with zero attached hydrogens (tertiary/aromatic N) is 3. The normalized spacial score (nSPS) is 16.6. The lowest BCUT2D eigenvalue weighted by Crippen LogP contribution is -2.46. The van der Waals surface area contributed by atoms with Crippen LogP contribution in [0.15, 0.2) is 71.4 Å². The number of hydrogen-bond donors (Lipinski definition) is 1. The number of carbonyl (C=O) groups is 1. The molecule has 0 saturated heterocycles. The van der Waals surface area contributed by atoms with Gasteiger partial charge in [0.25, 0.3) is 5.89 Å². The molecular weight excluding hydrogens is 376 g/mol. The van der Waals surface area contributed by atoms with E-state index in [0.717, 1.165) is 33.5 Å². The van der Waals surface area contributed by atoms with Crippen LogP contribution in [0.2, 0.25) is 0 Å². The Balaban J connectivity index is 1.81. The first-order valence-corrected chi connectivity index (χ1v) is 9.85. The Bertz CT molecular complexity index is 1110. The first-order chi connectivity index (χ1) is 14.5. The Labute approximate surface area is 175 Å². The minimum Gasteiger partial charge on any atom is -0.334 e. The summed E-state index contributed by atoms with van der Waals surface area (Å²) in [6.45, 7) is 10.1. The van der Waals surface area contributed by atoms with E-state index in [0.29, 0.717) is 18.3 Å². The molecule has 0 aliphatic carbocycles. The fourth-order valence-electron chi connectivity index (χ4n) is 3.57. The Morgan fingerprint density at radius 3 is 2.33 bits per heavy atom. The zero-order valence-corrected chi connectivity index (χ0v) is 17.3. The molecule has 0 fully saturated rings. The monoisotopic (exact) mass is 400 g/mol. The van der Waals surface area contributed by atoms with Gasteiger partial charge in [-0.3, -0.25) is 4.90 Å². The summed E-state index contributed by atoms with van der Waals surface area (Å²) in [5.41, 5.74) is 5.70. The van der Waals surface area contributed by atoms with Gasteiger partial charge in [0.15, 0.2) is 0 Å². The predicted octanol–water partition coefficient (Wildman–Crippen LogP) is 5.04. The third kappa shape index (κ3) is 3.64. The predicted molar refractivity (Wildman–Crippen MR) is 116 cm³/mol. The molecule has 30 heavy (non-hydrogen) atoms. The number of amides is 2. The standard InChI is InChI=1S/C24H24N4O2/c1-5-14-28-17(4)20(21(25-24(28)29)18-10-6-15(2)7-11-18)23-26-22(27-30-23)19-12-8-16(3)9-13-19/h5-13,21H,1,14H2,2-4H3,(H,25,29). The number of allylic oxidation sites excluding steroid dienone is 1. The van der Waals surface area contributed by atoms with Crippen molar-refractivity contribution in [1.29, 1.82) is 0 Å². The molecule has 1 atom stereocenters. The molecule has 6 nitrogen and oxygen atoms in total. The van der Waals surface area contributed by atoms with Crippen LogP contribution < -0.4 is 5.32 Å². The molecule has 0 bridgehead atoms. The molecule has 0 radical (unpaired) electrons. The van der Waals surface area contributed by atoms with Crippen molar-refractivity contribution >= 4 is 11.6 Å². The third-order valence-electron chi connectivity index (χ3n) is 5.28. The summed E-state index contributed by atoms with van der Waals surface area (Å²) in [6, 6.07) is 15.5. The summed E-state index contributed by atoms with van der Waals surface area (Å²) in [6.07, 6.45) is 1.69. The van der Waals surface area contributed by atoms with Crippen LogP contribution in [-0.4, -0.2) is 27.6 Å². The van der Waals surface area contributed by atoms with Crippen molar-refractivity contribution in [3.63, 3.8) is 0 Å². The molecule has 1 aliphatic heterocycles. The topological polar surface area (TPSA) is 71.3 Å². The molecule has 1 N–H and O–H groups in total. The van der Waals surface area contributed by atoms with E-state index in [9.17, 15) is 4.79 Å². The molecule has 6 heteroatoms. The fourth-order valence-corrected chi connectivity index (χ4v) is 3.57. The van der Waals surface area contributed by atoms with Gasteiger partial charge in [0.2, 0.25) is 5.82 Å². The second-order valence-electron chi connectivity index (χ2n) is 7.48. The molecule has 2 aromatic carbocycles. The molecule has 2 amide bonds. The van der Waals surface area contributed by atoms with Crippen LogP contribution in [0.3, 0.4) is 0 Å². The number of benzene rings is 2. The Hall–Kier alpha value is -3.67. The highest BCUT2D eigenvalue weighted by Gasteiger charge is 2.35. The van der Waals surface area contributed by atoms with Gasteiger partial charge < -0.3 is 9.84 Å². The fraction of sp³-hybridized carbons (Fsp3) is 0.208. The summed E-state index contributed by atoms with van der Waals surface area (Å²) in [4.78, 5) is 19.0. The highest BCUT2D eigenvalue weighted by atomic mass is 16.5. The Kier molecular flexibility index (Phi) is 5.23. The van der Waals surface area contributed by atoms with Crippen molar-refractivity contribution in [3.8, 4) is 11.4 Å². The quantitative estimate of drug-likeness (QED) is 0.609. The van der Waals surface area contributed by atoms with Gasteiger partial charge in [-0.2, -0.15) is 4.98 Å². The van der Waals surface area contributed by atoms with Crippen molar-refractivity contribution in [1.82, 2.24) is 20.4 Å². The number of hydrogen-bond acceptors (Lipinski definition) is 4. The van der Waals surface area contributed by atoms with Gasteiger partial charge in [0.1, 0.15) is 0 Å². The van der Waals surface area contributed by atoms with E-state index in [4.69, 9.17) is 4.52 Å². The van der Waals surface area contributed by atoms with Crippen LogP contribution in [0.4, 0.5) is 4.79 Å². The summed E-state index contributed by atoms with van der Waals surface area (Å²) in [7, 11) is 0. The van der Waals surface area contributed by atoms with Crippen molar-refractivity contribution in [2.75, 3.05) is 6.54 Å². The number of rotatable bonds is 5. The van der Waals surface area contributed by atoms with Crippen LogP contribution in [0, 0.1) is 13.8 Å². The van der Waals surface area contributed by atoms with Gasteiger partial charge >= 0.3 is 6.03 Å². The summed E-state index contributed by atoms with van der Waals surface area (Å²) >= 11 is 0. The molecule has 3 aromatic rings. The lowest BCUT2D eigenvalue weighted by Gasteiger charge is -2.34. The maximum Gasteiger partial charge on any atom is 0.322 e. The van der Waals surface area contributed by atoms with Crippen molar-refractivity contribution < 1.29 is 9.32 Å². The molecule has 1 unspecified atom stereocenters. The van der Waals surface area contributed by atoms with Gasteiger partial charge in [-0.15, -0.1) is 6.58 Å². The Morgan fingerprint density at radius 1 is 1.07 bits per heavy atom. The van der Waals surface area contributed by atoms with E-state index in [2.05, 4.69) is 22.0 Å². The highest BCUT2D eigenvalue weighted by Crippen LogP contribution is 2.37. The average molecular weight is 400 g/mol. The van der Waals surface area contributed by atoms with Crippen LogP contribution in [0.25, 0.3) is 17.0 Å². The van der Waals surface area contributed by atoms with E-state index in [1.807, 2.05) is 69.3 Å². The lowest BCUT2D eigenvalue weighted by molar-refractivity contribution is 0.209.